The van der Waals surface area contributed by atoms with E-state index in [4.69, 9.17) is 16.3 Å². The van der Waals surface area contributed by atoms with Crippen LogP contribution in [0.2, 0.25) is 5.02 Å². The summed E-state index contributed by atoms with van der Waals surface area (Å²) in [5, 5.41) is 4.42. The molecule has 1 aromatic carbocycles. The summed E-state index contributed by atoms with van der Waals surface area (Å²) in [5.74, 6) is 0.744. The van der Waals surface area contributed by atoms with Crippen molar-refractivity contribution in [2.45, 2.75) is 25.8 Å². The van der Waals surface area contributed by atoms with Crippen molar-refractivity contribution in [3.8, 4) is 0 Å². The van der Waals surface area contributed by atoms with E-state index < -0.39 is 0 Å². The molecule has 3 heteroatoms. The number of hydrogen-bond acceptors (Lipinski definition) is 2. The van der Waals surface area contributed by atoms with Gasteiger partial charge in [-0.3, -0.25) is 0 Å². The van der Waals surface area contributed by atoms with E-state index in [9.17, 15) is 0 Å². The third-order valence-corrected chi connectivity index (χ3v) is 3.77. The van der Waals surface area contributed by atoms with E-state index in [1.54, 1.807) is 0 Å². The van der Waals surface area contributed by atoms with Gasteiger partial charge in [-0.05, 0) is 43.9 Å². The number of halogens is 1. The molecule has 1 heterocycles. The Kier molecular flexibility index (Phi) is 4.84. The molecule has 0 unspecified atom stereocenters. The van der Waals surface area contributed by atoms with E-state index >= 15 is 0 Å². The number of rotatable bonds is 4. The van der Waals surface area contributed by atoms with Gasteiger partial charge in [-0.1, -0.05) is 29.8 Å². The Balaban J connectivity index is 1.84. The van der Waals surface area contributed by atoms with E-state index in [0.29, 0.717) is 6.04 Å². The molecule has 94 valence electrons. The van der Waals surface area contributed by atoms with Gasteiger partial charge in [-0.2, -0.15) is 0 Å². The van der Waals surface area contributed by atoms with Crippen molar-refractivity contribution in [2.75, 3.05) is 19.8 Å². The van der Waals surface area contributed by atoms with Crippen LogP contribution in [0.15, 0.2) is 24.3 Å². The molecule has 0 bridgehead atoms. The summed E-state index contributed by atoms with van der Waals surface area (Å²) in [5.41, 5.74) is 1.18. The fourth-order valence-electron chi connectivity index (χ4n) is 2.23. The van der Waals surface area contributed by atoms with Gasteiger partial charge in [0, 0.05) is 24.3 Å². The molecule has 0 aromatic heterocycles. The quantitative estimate of drug-likeness (QED) is 0.888. The minimum atomic E-state index is 0.312. The van der Waals surface area contributed by atoms with Gasteiger partial charge in [0.05, 0.1) is 0 Å². The third kappa shape index (κ3) is 3.70. The molecule has 2 rings (SSSR count). The fourth-order valence-corrected chi connectivity index (χ4v) is 2.53. The summed E-state index contributed by atoms with van der Waals surface area (Å²) in [4.78, 5) is 0. The molecule has 1 aliphatic rings. The molecular weight excluding hydrogens is 234 g/mol. The Bertz CT molecular complexity index is 350. The number of hydrogen-bond donors (Lipinski definition) is 1. The molecule has 1 fully saturated rings. The van der Waals surface area contributed by atoms with Crippen molar-refractivity contribution in [3.05, 3.63) is 34.9 Å². The Morgan fingerprint density at radius 1 is 1.35 bits per heavy atom. The maximum absolute atomic E-state index is 6.18. The first-order chi connectivity index (χ1) is 8.27. The average molecular weight is 254 g/mol. The first-order valence-corrected chi connectivity index (χ1v) is 6.70. The van der Waals surface area contributed by atoms with Gasteiger partial charge in [0.15, 0.2) is 0 Å². The molecule has 1 aliphatic heterocycles. The minimum Gasteiger partial charge on any atom is -0.381 e. The predicted molar refractivity (Wildman–Crippen MR) is 71.4 cm³/mol. The monoisotopic (exact) mass is 253 g/mol. The summed E-state index contributed by atoms with van der Waals surface area (Å²) in [6.07, 6.45) is 2.34. The van der Waals surface area contributed by atoms with Crippen molar-refractivity contribution >= 4 is 11.6 Å². The van der Waals surface area contributed by atoms with Crippen LogP contribution in [0.3, 0.4) is 0 Å². The Morgan fingerprint density at radius 2 is 2.06 bits per heavy atom. The van der Waals surface area contributed by atoms with Crippen molar-refractivity contribution in [1.82, 2.24) is 5.32 Å². The van der Waals surface area contributed by atoms with Crippen LogP contribution in [0.1, 0.15) is 31.4 Å². The predicted octanol–water partition coefficient (Wildman–Crippen LogP) is 3.42. The zero-order chi connectivity index (χ0) is 12.1. The minimum absolute atomic E-state index is 0.312. The van der Waals surface area contributed by atoms with Gasteiger partial charge >= 0.3 is 0 Å². The maximum atomic E-state index is 6.18. The van der Waals surface area contributed by atoms with Crippen molar-refractivity contribution in [3.63, 3.8) is 0 Å². The lowest BCUT2D eigenvalue weighted by Crippen LogP contribution is -2.29. The molecule has 1 saturated heterocycles. The molecule has 0 radical (unpaired) electrons. The molecule has 17 heavy (non-hydrogen) atoms. The summed E-state index contributed by atoms with van der Waals surface area (Å²) < 4.78 is 5.36. The molecule has 0 spiro atoms. The van der Waals surface area contributed by atoms with Crippen LogP contribution in [-0.2, 0) is 4.74 Å². The van der Waals surface area contributed by atoms with Gasteiger partial charge in [-0.15, -0.1) is 0 Å². The van der Waals surface area contributed by atoms with Gasteiger partial charge in [0.2, 0.25) is 0 Å². The van der Waals surface area contributed by atoms with E-state index in [1.807, 2.05) is 18.2 Å². The summed E-state index contributed by atoms with van der Waals surface area (Å²) in [6, 6.07) is 8.35. The smallest absolute Gasteiger partial charge is 0.0469 e. The second-order valence-electron chi connectivity index (χ2n) is 4.71. The number of ether oxygens (including phenoxy) is 1. The molecule has 1 atom stereocenters. The Hall–Kier alpha value is -0.570. The second kappa shape index (κ2) is 6.39. The Morgan fingerprint density at radius 3 is 2.76 bits per heavy atom. The zero-order valence-corrected chi connectivity index (χ0v) is 11.0. The van der Waals surface area contributed by atoms with Gasteiger partial charge in [-0.25, -0.2) is 0 Å². The SMILES string of the molecule is C[C@@H](NCC1CCOCC1)c1ccccc1Cl. The third-order valence-electron chi connectivity index (χ3n) is 3.43. The zero-order valence-electron chi connectivity index (χ0n) is 10.3. The highest BCUT2D eigenvalue weighted by atomic mass is 35.5. The van der Waals surface area contributed by atoms with Crippen LogP contribution in [0.4, 0.5) is 0 Å². The highest BCUT2D eigenvalue weighted by molar-refractivity contribution is 6.31. The van der Waals surface area contributed by atoms with E-state index in [1.165, 1.54) is 18.4 Å². The lowest BCUT2D eigenvalue weighted by Gasteiger charge is -2.24. The largest absolute Gasteiger partial charge is 0.381 e. The van der Waals surface area contributed by atoms with Gasteiger partial charge in [0.1, 0.15) is 0 Å². The van der Waals surface area contributed by atoms with Crippen LogP contribution in [-0.4, -0.2) is 19.8 Å². The average Bonchev–Trinajstić information content (AvgIpc) is 2.38. The number of benzene rings is 1. The molecule has 1 N–H and O–H groups in total. The van der Waals surface area contributed by atoms with Crippen LogP contribution in [0.25, 0.3) is 0 Å². The normalized spacial score (nSPS) is 19.2. The van der Waals surface area contributed by atoms with Crippen molar-refractivity contribution in [1.29, 1.82) is 0 Å². The van der Waals surface area contributed by atoms with Crippen LogP contribution in [0, 0.1) is 5.92 Å². The summed E-state index contributed by atoms with van der Waals surface area (Å²) >= 11 is 6.18. The molecular formula is C14H20ClNO. The first kappa shape index (κ1) is 12.9. The molecule has 0 aliphatic carbocycles. The number of nitrogens with one attached hydrogen (secondary N) is 1. The summed E-state index contributed by atoms with van der Waals surface area (Å²) in [6.45, 7) is 5.04. The highest BCUT2D eigenvalue weighted by Gasteiger charge is 2.15. The van der Waals surface area contributed by atoms with Crippen molar-refractivity contribution in [2.24, 2.45) is 5.92 Å². The Labute approximate surface area is 108 Å². The molecule has 2 nitrogen and oxygen atoms in total. The molecule has 0 amide bonds. The first-order valence-electron chi connectivity index (χ1n) is 6.33. The van der Waals surface area contributed by atoms with Crippen LogP contribution < -0.4 is 5.32 Å². The second-order valence-corrected chi connectivity index (χ2v) is 5.11. The van der Waals surface area contributed by atoms with Crippen LogP contribution >= 0.6 is 11.6 Å². The summed E-state index contributed by atoms with van der Waals surface area (Å²) in [7, 11) is 0. The van der Waals surface area contributed by atoms with Crippen molar-refractivity contribution < 1.29 is 4.74 Å². The lowest BCUT2D eigenvalue weighted by molar-refractivity contribution is 0.0656. The molecule has 1 aromatic rings. The van der Waals surface area contributed by atoms with E-state index in [2.05, 4.69) is 18.3 Å². The van der Waals surface area contributed by atoms with E-state index in [0.717, 1.165) is 30.7 Å². The molecule has 0 saturated carbocycles. The topological polar surface area (TPSA) is 21.3 Å². The fraction of sp³-hybridized carbons (Fsp3) is 0.571. The van der Waals surface area contributed by atoms with Gasteiger partial charge < -0.3 is 10.1 Å². The van der Waals surface area contributed by atoms with E-state index in [-0.39, 0.29) is 0 Å². The van der Waals surface area contributed by atoms with Gasteiger partial charge in [0.25, 0.3) is 0 Å². The lowest BCUT2D eigenvalue weighted by atomic mass is 9.99. The maximum Gasteiger partial charge on any atom is 0.0469 e. The highest BCUT2D eigenvalue weighted by Crippen LogP contribution is 2.23. The van der Waals surface area contributed by atoms with Crippen LogP contribution in [0.5, 0.6) is 0 Å². The standard InChI is InChI=1S/C14H20ClNO/c1-11(13-4-2-3-5-14(13)15)16-10-12-6-8-17-9-7-12/h2-5,11-12,16H,6-10H2,1H3/t11-/m1/s1.